The van der Waals surface area contributed by atoms with Gasteiger partial charge < -0.3 is 4.74 Å². The van der Waals surface area contributed by atoms with E-state index in [2.05, 4.69) is 27.6 Å². The number of hydrogen-bond donors (Lipinski definition) is 0. The number of benzene rings is 1. The van der Waals surface area contributed by atoms with Crippen LogP contribution in [0.15, 0.2) is 41.3 Å². The first-order valence-electron chi connectivity index (χ1n) is 6.40. The molecule has 1 amide bonds. The lowest BCUT2D eigenvalue weighted by atomic mass is 10.2. The zero-order valence-electron chi connectivity index (χ0n) is 11.4. The van der Waals surface area contributed by atoms with E-state index in [-0.39, 0.29) is 5.91 Å². The molecule has 0 saturated carbocycles. The van der Waals surface area contributed by atoms with Crippen molar-refractivity contribution in [2.75, 3.05) is 17.8 Å². The molecule has 3 rings (SSSR count). The smallest absolute Gasteiger partial charge is 0.238 e. The third-order valence-electron chi connectivity index (χ3n) is 3.21. The number of pyridine rings is 1. The number of thioether (sulfide) groups is 1. The molecule has 0 N–H and O–H groups in total. The molecular weight excluding hydrogens is 399 g/mol. The van der Waals surface area contributed by atoms with Crippen molar-refractivity contribution in [3.8, 4) is 5.75 Å². The molecule has 0 aliphatic carbocycles. The number of methoxy groups -OCH3 is 1. The molecule has 0 radical (unpaired) electrons. The summed E-state index contributed by atoms with van der Waals surface area (Å²) in [5.41, 5.74) is 1.06. The van der Waals surface area contributed by atoms with Crippen molar-refractivity contribution in [1.29, 1.82) is 0 Å². The highest BCUT2D eigenvalue weighted by Crippen LogP contribution is 2.35. The Labute approximate surface area is 141 Å². The first kappa shape index (κ1) is 14.6. The van der Waals surface area contributed by atoms with E-state index in [0.717, 1.165) is 25.7 Å². The quantitative estimate of drug-likeness (QED) is 0.573. The molecular formula is C15H13IN2O2S. The van der Waals surface area contributed by atoms with Gasteiger partial charge >= 0.3 is 0 Å². The summed E-state index contributed by atoms with van der Waals surface area (Å²) in [6.45, 7) is 0.531. The van der Waals surface area contributed by atoms with Gasteiger partial charge in [-0.1, -0.05) is 12.1 Å². The van der Waals surface area contributed by atoms with Gasteiger partial charge in [0.2, 0.25) is 5.91 Å². The van der Waals surface area contributed by atoms with Crippen LogP contribution in [-0.4, -0.2) is 23.8 Å². The van der Waals surface area contributed by atoms with E-state index in [9.17, 15) is 4.79 Å². The Morgan fingerprint density at radius 2 is 2.05 bits per heavy atom. The van der Waals surface area contributed by atoms with Gasteiger partial charge in [-0.2, -0.15) is 0 Å². The number of fused-ring (bicyclic) bond motifs is 1. The minimum atomic E-state index is 0.0952. The highest BCUT2D eigenvalue weighted by Gasteiger charge is 2.26. The average molecular weight is 412 g/mol. The van der Waals surface area contributed by atoms with Crippen LogP contribution in [0.1, 0.15) is 5.56 Å². The fourth-order valence-corrected chi connectivity index (χ4v) is 3.42. The second kappa shape index (κ2) is 6.23. The fourth-order valence-electron chi connectivity index (χ4n) is 2.13. The van der Waals surface area contributed by atoms with Gasteiger partial charge in [0, 0.05) is 0 Å². The molecule has 1 aromatic heterocycles. The lowest BCUT2D eigenvalue weighted by Crippen LogP contribution is -2.35. The van der Waals surface area contributed by atoms with Crippen molar-refractivity contribution in [2.45, 2.75) is 11.4 Å². The average Bonchev–Trinajstić information content (AvgIpc) is 2.51. The van der Waals surface area contributed by atoms with Crippen molar-refractivity contribution in [2.24, 2.45) is 0 Å². The van der Waals surface area contributed by atoms with Crippen LogP contribution in [0.3, 0.4) is 0 Å². The van der Waals surface area contributed by atoms with Crippen molar-refractivity contribution >= 4 is 46.1 Å². The normalized spacial score (nSPS) is 14.0. The van der Waals surface area contributed by atoms with Gasteiger partial charge in [0.05, 0.1) is 24.3 Å². The molecule has 4 nitrogen and oxygen atoms in total. The van der Waals surface area contributed by atoms with Crippen LogP contribution in [0.25, 0.3) is 0 Å². The standard InChI is InChI=1S/C15H13IN2O2S/c1-20-11-4-2-10(3-5-11)8-18-14(19)9-21-12-6-7-13(16)17-15(12)18/h2-7H,8-9H2,1H3. The van der Waals surface area contributed by atoms with E-state index in [1.165, 1.54) is 0 Å². The number of carbonyl (C=O) groups is 1. The van der Waals surface area contributed by atoms with Gasteiger partial charge in [-0.05, 0) is 52.4 Å². The van der Waals surface area contributed by atoms with E-state index in [1.807, 2.05) is 36.4 Å². The number of anilines is 1. The maximum absolute atomic E-state index is 12.2. The lowest BCUT2D eigenvalue weighted by molar-refractivity contribution is -0.116. The van der Waals surface area contributed by atoms with Crippen molar-refractivity contribution in [1.82, 2.24) is 4.98 Å². The summed E-state index contributed by atoms with van der Waals surface area (Å²) >= 11 is 3.72. The maximum atomic E-state index is 12.2. The number of halogens is 1. The highest BCUT2D eigenvalue weighted by molar-refractivity contribution is 14.1. The number of hydrogen-bond acceptors (Lipinski definition) is 4. The molecule has 1 aliphatic rings. The van der Waals surface area contributed by atoms with E-state index < -0.39 is 0 Å². The fraction of sp³-hybridized carbons (Fsp3) is 0.200. The Morgan fingerprint density at radius 3 is 2.76 bits per heavy atom. The van der Waals surface area contributed by atoms with Gasteiger partial charge in [-0.15, -0.1) is 11.8 Å². The minimum Gasteiger partial charge on any atom is -0.497 e. The summed E-state index contributed by atoms with van der Waals surface area (Å²) in [4.78, 5) is 19.6. The Hall–Kier alpha value is -1.28. The number of carbonyl (C=O) groups excluding carboxylic acids is 1. The second-order valence-corrected chi connectivity index (χ2v) is 6.69. The summed E-state index contributed by atoms with van der Waals surface area (Å²) in [6, 6.07) is 11.8. The maximum Gasteiger partial charge on any atom is 0.238 e. The van der Waals surface area contributed by atoms with E-state index in [0.29, 0.717) is 12.3 Å². The van der Waals surface area contributed by atoms with Crippen molar-refractivity contribution in [3.05, 3.63) is 45.7 Å². The van der Waals surface area contributed by atoms with Crippen LogP contribution >= 0.6 is 34.4 Å². The van der Waals surface area contributed by atoms with Crippen LogP contribution in [0.2, 0.25) is 0 Å². The van der Waals surface area contributed by atoms with Gasteiger partial charge in [0.1, 0.15) is 15.3 Å². The Morgan fingerprint density at radius 1 is 1.29 bits per heavy atom. The van der Waals surface area contributed by atoms with Gasteiger partial charge in [0.25, 0.3) is 0 Å². The van der Waals surface area contributed by atoms with E-state index in [1.54, 1.807) is 23.8 Å². The molecule has 1 aromatic carbocycles. The van der Waals surface area contributed by atoms with Crippen LogP contribution in [0, 0.1) is 3.70 Å². The summed E-state index contributed by atoms with van der Waals surface area (Å²) in [5.74, 6) is 2.13. The number of ether oxygens (including phenoxy) is 1. The van der Waals surface area contributed by atoms with Gasteiger partial charge in [0.15, 0.2) is 0 Å². The molecule has 0 fully saturated rings. The molecule has 2 aromatic rings. The molecule has 0 spiro atoms. The molecule has 0 unspecified atom stereocenters. The SMILES string of the molecule is COc1ccc(CN2C(=O)CSc3ccc(I)nc32)cc1. The van der Waals surface area contributed by atoms with Crippen LogP contribution in [0.4, 0.5) is 5.82 Å². The third kappa shape index (κ3) is 3.16. The monoisotopic (exact) mass is 412 g/mol. The summed E-state index contributed by atoms with van der Waals surface area (Å²) in [7, 11) is 1.64. The number of rotatable bonds is 3. The summed E-state index contributed by atoms with van der Waals surface area (Å²) in [6.07, 6.45) is 0. The van der Waals surface area contributed by atoms with Gasteiger partial charge in [-0.25, -0.2) is 4.98 Å². The minimum absolute atomic E-state index is 0.0952. The molecule has 108 valence electrons. The Bertz CT molecular complexity index is 676. The predicted molar refractivity (Wildman–Crippen MR) is 91.9 cm³/mol. The van der Waals surface area contributed by atoms with Crippen LogP contribution < -0.4 is 9.64 Å². The first-order valence-corrected chi connectivity index (χ1v) is 8.46. The third-order valence-corrected chi connectivity index (χ3v) is 4.83. The van der Waals surface area contributed by atoms with Crippen LogP contribution in [-0.2, 0) is 11.3 Å². The van der Waals surface area contributed by atoms with Crippen molar-refractivity contribution in [3.63, 3.8) is 0 Å². The van der Waals surface area contributed by atoms with Crippen molar-refractivity contribution < 1.29 is 9.53 Å². The number of amides is 1. The summed E-state index contributed by atoms with van der Waals surface area (Å²) in [5, 5.41) is 0. The topological polar surface area (TPSA) is 42.4 Å². The van der Waals surface area contributed by atoms with E-state index >= 15 is 0 Å². The van der Waals surface area contributed by atoms with Gasteiger partial charge in [-0.3, -0.25) is 9.69 Å². The lowest BCUT2D eigenvalue weighted by Gasteiger charge is -2.28. The van der Waals surface area contributed by atoms with Crippen LogP contribution in [0.5, 0.6) is 5.75 Å². The molecule has 6 heteroatoms. The zero-order chi connectivity index (χ0) is 14.8. The largest absolute Gasteiger partial charge is 0.497 e. The zero-order valence-corrected chi connectivity index (χ0v) is 14.3. The Balaban J connectivity index is 1.90. The predicted octanol–water partition coefficient (Wildman–Crippen LogP) is 3.33. The number of nitrogens with zero attached hydrogens (tertiary/aromatic N) is 2. The van der Waals surface area contributed by atoms with E-state index in [4.69, 9.17) is 4.74 Å². The molecule has 0 atom stereocenters. The molecule has 2 heterocycles. The second-order valence-electron chi connectivity index (χ2n) is 4.57. The number of aromatic nitrogens is 1. The highest BCUT2D eigenvalue weighted by atomic mass is 127. The molecule has 21 heavy (non-hydrogen) atoms. The molecule has 0 saturated heterocycles. The Kier molecular flexibility index (Phi) is 4.34. The first-order chi connectivity index (χ1) is 10.2. The molecule has 1 aliphatic heterocycles. The molecule has 0 bridgehead atoms. The summed E-state index contributed by atoms with van der Waals surface area (Å²) < 4.78 is 6.05.